The Bertz CT molecular complexity index is 390. The van der Waals surface area contributed by atoms with Crippen LogP contribution in [-0.2, 0) is 11.2 Å². The fourth-order valence-corrected chi connectivity index (χ4v) is 1.81. The predicted octanol–water partition coefficient (Wildman–Crippen LogP) is 2.28. The zero-order valence-electron chi connectivity index (χ0n) is 10.1. The number of benzene rings is 1. The largest absolute Gasteiger partial charge is 0.356 e. The minimum absolute atomic E-state index is 0. The van der Waals surface area contributed by atoms with Gasteiger partial charge in [0.15, 0.2) is 0 Å². The topological polar surface area (TPSA) is 41.1 Å². The standard InChI is InChI=1S/C12H16BrFN2O.ClH/c1-15-6-5-12(17)16-7-4-9-8-10(13)2-3-11(9)14;/h2-3,8,15H,4-7H2,1H3,(H,16,17);1H. The van der Waals surface area contributed by atoms with Crippen molar-refractivity contribution in [1.82, 2.24) is 10.6 Å². The molecule has 1 amide bonds. The molecular formula is C12H17BrClFN2O. The van der Waals surface area contributed by atoms with Crippen molar-refractivity contribution in [3.8, 4) is 0 Å². The van der Waals surface area contributed by atoms with E-state index >= 15 is 0 Å². The van der Waals surface area contributed by atoms with Gasteiger partial charge in [-0.05, 0) is 37.2 Å². The van der Waals surface area contributed by atoms with Crippen molar-refractivity contribution in [2.24, 2.45) is 0 Å². The summed E-state index contributed by atoms with van der Waals surface area (Å²) in [4.78, 5) is 11.3. The lowest BCUT2D eigenvalue weighted by atomic mass is 10.1. The molecule has 0 atom stereocenters. The Kier molecular flexibility index (Phi) is 8.97. The lowest BCUT2D eigenvalue weighted by Gasteiger charge is -2.06. The zero-order valence-corrected chi connectivity index (χ0v) is 12.5. The molecule has 0 saturated heterocycles. The predicted molar refractivity (Wildman–Crippen MR) is 76.6 cm³/mol. The second-order valence-electron chi connectivity index (χ2n) is 3.69. The fourth-order valence-electron chi connectivity index (χ4n) is 1.40. The smallest absolute Gasteiger partial charge is 0.221 e. The summed E-state index contributed by atoms with van der Waals surface area (Å²) in [6, 6.07) is 4.81. The maximum Gasteiger partial charge on any atom is 0.221 e. The van der Waals surface area contributed by atoms with E-state index < -0.39 is 0 Å². The van der Waals surface area contributed by atoms with Crippen molar-refractivity contribution in [3.63, 3.8) is 0 Å². The molecule has 0 saturated carbocycles. The molecule has 0 aliphatic rings. The number of hydrogen-bond donors (Lipinski definition) is 2. The number of carbonyl (C=O) groups excluding carboxylic acids is 1. The maximum absolute atomic E-state index is 13.4. The van der Waals surface area contributed by atoms with E-state index in [4.69, 9.17) is 0 Å². The van der Waals surface area contributed by atoms with E-state index in [1.807, 2.05) is 0 Å². The van der Waals surface area contributed by atoms with Crippen LogP contribution in [-0.4, -0.2) is 26.0 Å². The van der Waals surface area contributed by atoms with Crippen LogP contribution in [0.4, 0.5) is 4.39 Å². The molecule has 2 N–H and O–H groups in total. The molecule has 0 aliphatic carbocycles. The Morgan fingerprint density at radius 3 is 2.78 bits per heavy atom. The first-order chi connectivity index (χ1) is 8.13. The highest BCUT2D eigenvalue weighted by molar-refractivity contribution is 9.10. The van der Waals surface area contributed by atoms with Gasteiger partial charge < -0.3 is 10.6 Å². The number of halogens is 3. The van der Waals surface area contributed by atoms with Gasteiger partial charge in [-0.2, -0.15) is 0 Å². The Labute approximate surface area is 121 Å². The highest BCUT2D eigenvalue weighted by Crippen LogP contribution is 2.15. The molecule has 1 aromatic rings. The molecule has 0 unspecified atom stereocenters. The molecule has 3 nitrogen and oxygen atoms in total. The molecular weight excluding hydrogens is 322 g/mol. The third-order valence-electron chi connectivity index (χ3n) is 2.33. The van der Waals surface area contributed by atoms with Crippen molar-refractivity contribution in [3.05, 3.63) is 34.1 Å². The number of amides is 1. The van der Waals surface area contributed by atoms with Gasteiger partial charge >= 0.3 is 0 Å². The van der Waals surface area contributed by atoms with Crippen LogP contribution in [0, 0.1) is 5.82 Å². The summed E-state index contributed by atoms with van der Waals surface area (Å²) in [7, 11) is 1.80. The summed E-state index contributed by atoms with van der Waals surface area (Å²) in [5.74, 6) is -0.257. The molecule has 0 aromatic heterocycles. The van der Waals surface area contributed by atoms with Crippen LogP contribution < -0.4 is 10.6 Å². The normalized spacial score (nSPS) is 9.72. The van der Waals surface area contributed by atoms with Crippen molar-refractivity contribution in [2.45, 2.75) is 12.8 Å². The number of hydrogen-bond acceptors (Lipinski definition) is 2. The van der Waals surface area contributed by atoms with E-state index in [1.54, 1.807) is 19.2 Å². The SMILES string of the molecule is CNCCC(=O)NCCc1cc(Br)ccc1F.Cl. The molecule has 18 heavy (non-hydrogen) atoms. The van der Waals surface area contributed by atoms with Gasteiger partial charge in [0.25, 0.3) is 0 Å². The molecule has 0 bridgehead atoms. The number of carbonyl (C=O) groups is 1. The Hall–Kier alpha value is -0.650. The van der Waals surface area contributed by atoms with E-state index in [1.165, 1.54) is 6.07 Å². The summed E-state index contributed by atoms with van der Waals surface area (Å²) in [5, 5.41) is 5.65. The maximum atomic E-state index is 13.4. The zero-order chi connectivity index (χ0) is 12.7. The minimum Gasteiger partial charge on any atom is -0.356 e. The lowest BCUT2D eigenvalue weighted by Crippen LogP contribution is -2.28. The average Bonchev–Trinajstić information content (AvgIpc) is 2.31. The third kappa shape index (κ3) is 6.33. The first-order valence-electron chi connectivity index (χ1n) is 5.48. The lowest BCUT2D eigenvalue weighted by molar-refractivity contribution is -0.120. The summed E-state index contributed by atoms with van der Waals surface area (Å²) in [6.45, 7) is 1.10. The van der Waals surface area contributed by atoms with Crippen LogP contribution in [0.5, 0.6) is 0 Å². The van der Waals surface area contributed by atoms with Gasteiger partial charge in [-0.25, -0.2) is 4.39 Å². The van der Waals surface area contributed by atoms with E-state index in [0.717, 1.165) is 4.47 Å². The van der Waals surface area contributed by atoms with Crippen molar-refractivity contribution >= 4 is 34.2 Å². The number of nitrogens with one attached hydrogen (secondary N) is 2. The van der Waals surface area contributed by atoms with Gasteiger partial charge in [-0.15, -0.1) is 12.4 Å². The van der Waals surface area contributed by atoms with Crippen LogP contribution in [0.3, 0.4) is 0 Å². The molecule has 0 heterocycles. The Balaban J connectivity index is 0.00000289. The fraction of sp³-hybridized carbons (Fsp3) is 0.417. The molecule has 1 aromatic carbocycles. The Morgan fingerprint density at radius 2 is 2.11 bits per heavy atom. The van der Waals surface area contributed by atoms with Gasteiger partial charge in [0.2, 0.25) is 5.91 Å². The molecule has 0 aliphatic heterocycles. The molecule has 0 radical (unpaired) electrons. The molecule has 1 rings (SSSR count). The highest BCUT2D eigenvalue weighted by atomic mass is 79.9. The van der Waals surface area contributed by atoms with Crippen LogP contribution in [0.25, 0.3) is 0 Å². The summed E-state index contributed by atoms with van der Waals surface area (Å²) < 4.78 is 14.2. The first kappa shape index (κ1) is 17.4. The van der Waals surface area contributed by atoms with Crippen molar-refractivity contribution < 1.29 is 9.18 Å². The molecule has 102 valence electrons. The van der Waals surface area contributed by atoms with E-state index in [0.29, 0.717) is 31.5 Å². The quantitative estimate of drug-likeness (QED) is 0.835. The van der Waals surface area contributed by atoms with E-state index in [-0.39, 0.29) is 24.1 Å². The van der Waals surface area contributed by atoms with Crippen LogP contribution in [0.1, 0.15) is 12.0 Å². The van der Waals surface area contributed by atoms with Crippen molar-refractivity contribution in [2.75, 3.05) is 20.1 Å². The highest BCUT2D eigenvalue weighted by Gasteiger charge is 2.04. The monoisotopic (exact) mass is 338 g/mol. The number of rotatable bonds is 6. The van der Waals surface area contributed by atoms with Crippen LogP contribution in [0.2, 0.25) is 0 Å². The van der Waals surface area contributed by atoms with Gasteiger partial charge in [0.05, 0.1) is 0 Å². The van der Waals surface area contributed by atoms with Gasteiger partial charge in [0, 0.05) is 24.0 Å². The van der Waals surface area contributed by atoms with Crippen LogP contribution >= 0.6 is 28.3 Å². The van der Waals surface area contributed by atoms with E-state index in [9.17, 15) is 9.18 Å². The molecule has 6 heteroatoms. The van der Waals surface area contributed by atoms with Crippen LogP contribution in [0.15, 0.2) is 22.7 Å². The van der Waals surface area contributed by atoms with Crippen molar-refractivity contribution in [1.29, 1.82) is 0 Å². The second kappa shape index (κ2) is 9.30. The third-order valence-corrected chi connectivity index (χ3v) is 2.82. The summed E-state index contributed by atoms with van der Waals surface area (Å²) in [6.07, 6.45) is 0.939. The Morgan fingerprint density at radius 1 is 1.39 bits per heavy atom. The molecule has 0 spiro atoms. The van der Waals surface area contributed by atoms with Gasteiger partial charge in [-0.1, -0.05) is 15.9 Å². The molecule has 0 fully saturated rings. The first-order valence-corrected chi connectivity index (χ1v) is 6.28. The van der Waals surface area contributed by atoms with Gasteiger partial charge in [-0.3, -0.25) is 4.79 Å². The minimum atomic E-state index is -0.238. The van der Waals surface area contributed by atoms with Gasteiger partial charge in [0.1, 0.15) is 5.82 Å². The second-order valence-corrected chi connectivity index (χ2v) is 4.60. The average molecular weight is 340 g/mol. The summed E-state index contributed by atoms with van der Waals surface area (Å²) >= 11 is 3.29. The summed E-state index contributed by atoms with van der Waals surface area (Å²) in [5.41, 5.74) is 0.605. The van der Waals surface area contributed by atoms with E-state index in [2.05, 4.69) is 26.6 Å².